The number of nitrogens with zero attached hydrogens (tertiary/aromatic N) is 2. The number of primary amides is 1. The second-order valence-corrected chi connectivity index (χ2v) is 7.69. The van der Waals surface area contributed by atoms with Gasteiger partial charge in [0.1, 0.15) is 5.56 Å². The van der Waals surface area contributed by atoms with E-state index in [1.54, 1.807) is 6.20 Å². The molecule has 0 radical (unpaired) electrons. The fourth-order valence-corrected chi connectivity index (χ4v) is 4.25. The first kappa shape index (κ1) is 19.4. The number of amides is 2. The van der Waals surface area contributed by atoms with Crippen LogP contribution in [0.1, 0.15) is 39.9 Å². The van der Waals surface area contributed by atoms with E-state index in [0.29, 0.717) is 44.8 Å². The standard InChI is InChI=1S/C22H25N3O4/c23-20(26)19-18-6-9-24(21(27)16-7-10-29-11-8-16)13-17(18)14-25(22(19)28)12-15-4-2-1-3-5-15/h1-5,14,16H,6-13H2,(H2,23,26). The lowest BCUT2D eigenvalue weighted by molar-refractivity contribution is -0.139. The van der Waals surface area contributed by atoms with Crippen molar-refractivity contribution in [3.8, 4) is 0 Å². The highest BCUT2D eigenvalue weighted by atomic mass is 16.5. The van der Waals surface area contributed by atoms with Gasteiger partial charge in [0.2, 0.25) is 5.91 Å². The molecule has 4 rings (SSSR count). The summed E-state index contributed by atoms with van der Waals surface area (Å²) in [7, 11) is 0. The van der Waals surface area contributed by atoms with Crippen LogP contribution in [0, 0.1) is 5.92 Å². The Labute approximate surface area is 169 Å². The second-order valence-electron chi connectivity index (χ2n) is 7.69. The summed E-state index contributed by atoms with van der Waals surface area (Å²) in [4.78, 5) is 39.8. The average molecular weight is 395 g/mol. The second kappa shape index (κ2) is 8.21. The lowest BCUT2D eigenvalue weighted by Crippen LogP contribution is -2.43. The van der Waals surface area contributed by atoms with Crippen LogP contribution in [0.25, 0.3) is 0 Å². The van der Waals surface area contributed by atoms with Gasteiger partial charge in [-0.1, -0.05) is 30.3 Å². The highest BCUT2D eigenvalue weighted by Gasteiger charge is 2.31. The molecule has 3 heterocycles. The van der Waals surface area contributed by atoms with Crippen LogP contribution in [0.15, 0.2) is 41.3 Å². The Morgan fingerprint density at radius 2 is 1.86 bits per heavy atom. The zero-order valence-electron chi connectivity index (χ0n) is 16.3. The Kier molecular flexibility index (Phi) is 5.49. The molecular weight excluding hydrogens is 370 g/mol. The first-order valence-electron chi connectivity index (χ1n) is 10.00. The monoisotopic (exact) mass is 395 g/mol. The third-order valence-corrected chi connectivity index (χ3v) is 5.79. The van der Waals surface area contributed by atoms with Crippen LogP contribution in [-0.4, -0.2) is 41.0 Å². The van der Waals surface area contributed by atoms with E-state index >= 15 is 0 Å². The number of ether oxygens (including phenoxy) is 1. The minimum atomic E-state index is -0.710. The molecule has 0 spiro atoms. The lowest BCUT2D eigenvalue weighted by atomic mass is 9.93. The summed E-state index contributed by atoms with van der Waals surface area (Å²) in [5.74, 6) is -0.602. The van der Waals surface area contributed by atoms with E-state index in [0.717, 1.165) is 24.0 Å². The van der Waals surface area contributed by atoms with Gasteiger partial charge in [0.05, 0.1) is 6.54 Å². The number of pyridine rings is 1. The molecule has 2 amide bonds. The van der Waals surface area contributed by atoms with Gasteiger partial charge in [0.25, 0.3) is 11.5 Å². The number of fused-ring (bicyclic) bond motifs is 1. The minimum Gasteiger partial charge on any atom is -0.381 e. The van der Waals surface area contributed by atoms with Crippen LogP contribution < -0.4 is 11.3 Å². The van der Waals surface area contributed by atoms with E-state index < -0.39 is 5.91 Å². The van der Waals surface area contributed by atoms with E-state index in [9.17, 15) is 14.4 Å². The van der Waals surface area contributed by atoms with Crippen LogP contribution in [0.4, 0.5) is 0 Å². The zero-order valence-corrected chi connectivity index (χ0v) is 16.3. The van der Waals surface area contributed by atoms with Crippen molar-refractivity contribution in [3.05, 3.63) is 69.1 Å². The quantitative estimate of drug-likeness (QED) is 0.844. The van der Waals surface area contributed by atoms with Gasteiger partial charge in [-0.2, -0.15) is 0 Å². The molecule has 2 aliphatic rings. The molecule has 2 aliphatic heterocycles. The molecule has 1 fully saturated rings. The summed E-state index contributed by atoms with van der Waals surface area (Å²) < 4.78 is 6.89. The van der Waals surface area contributed by atoms with Crippen molar-refractivity contribution in [2.24, 2.45) is 11.7 Å². The highest BCUT2D eigenvalue weighted by Crippen LogP contribution is 2.25. The smallest absolute Gasteiger partial charge is 0.264 e. The SMILES string of the molecule is NC(=O)c1c2c(cn(Cc3ccccc3)c1=O)CN(C(=O)C1CCOCC1)CC2. The Bertz CT molecular complexity index is 978. The first-order chi connectivity index (χ1) is 14.0. The van der Waals surface area contributed by atoms with Crippen molar-refractivity contribution >= 4 is 11.8 Å². The summed E-state index contributed by atoms with van der Waals surface area (Å²) in [5.41, 5.74) is 7.71. The van der Waals surface area contributed by atoms with Gasteiger partial charge in [-0.05, 0) is 36.0 Å². The summed E-state index contributed by atoms with van der Waals surface area (Å²) >= 11 is 0. The van der Waals surface area contributed by atoms with Crippen LogP contribution >= 0.6 is 0 Å². The molecule has 0 bridgehead atoms. The van der Waals surface area contributed by atoms with Crippen LogP contribution in [0.2, 0.25) is 0 Å². The molecule has 152 valence electrons. The van der Waals surface area contributed by atoms with Gasteiger partial charge in [-0.15, -0.1) is 0 Å². The number of aromatic nitrogens is 1. The summed E-state index contributed by atoms with van der Waals surface area (Å²) in [5, 5.41) is 0. The predicted octanol–water partition coefficient (Wildman–Crippen LogP) is 1.31. The van der Waals surface area contributed by atoms with E-state index in [1.165, 1.54) is 4.57 Å². The Morgan fingerprint density at radius 3 is 2.55 bits per heavy atom. The van der Waals surface area contributed by atoms with E-state index in [4.69, 9.17) is 10.5 Å². The fraction of sp³-hybridized carbons (Fsp3) is 0.409. The molecule has 0 atom stereocenters. The average Bonchev–Trinajstić information content (AvgIpc) is 2.74. The first-order valence-corrected chi connectivity index (χ1v) is 10.00. The van der Waals surface area contributed by atoms with E-state index in [2.05, 4.69) is 0 Å². The Morgan fingerprint density at radius 1 is 1.14 bits per heavy atom. The third kappa shape index (κ3) is 3.96. The van der Waals surface area contributed by atoms with Crippen LogP contribution in [0.5, 0.6) is 0 Å². The van der Waals surface area contributed by atoms with Crippen molar-refractivity contribution < 1.29 is 14.3 Å². The molecule has 1 saturated heterocycles. The number of benzene rings is 1. The van der Waals surface area contributed by atoms with Crippen molar-refractivity contribution in [3.63, 3.8) is 0 Å². The largest absolute Gasteiger partial charge is 0.381 e. The van der Waals surface area contributed by atoms with E-state index in [1.807, 2.05) is 35.2 Å². The number of carbonyl (C=O) groups is 2. The summed E-state index contributed by atoms with van der Waals surface area (Å²) in [6.45, 7) is 2.46. The maximum atomic E-state index is 12.9. The topological polar surface area (TPSA) is 94.6 Å². The molecular formula is C22H25N3O4. The van der Waals surface area contributed by atoms with E-state index in [-0.39, 0.29) is 22.9 Å². The number of hydrogen-bond acceptors (Lipinski definition) is 4. The maximum Gasteiger partial charge on any atom is 0.264 e. The maximum absolute atomic E-state index is 12.9. The molecule has 0 saturated carbocycles. The number of nitrogens with two attached hydrogens (primary N) is 1. The Hall–Kier alpha value is -2.93. The molecule has 2 aromatic rings. The summed E-state index contributed by atoms with van der Waals surface area (Å²) in [6.07, 6.45) is 3.72. The van der Waals surface area contributed by atoms with Crippen molar-refractivity contribution in [2.75, 3.05) is 19.8 Å². The van der Waals surface area contributed by atoms with Gasteiger partial charge >= 0.3 is 0 Å². The summed E-state index contributed by atoms with van der Waals surface area (Å²) in [6, 6.07) is 9.57. The molecule has 1 aromatic heterocycles. The Balaban J connectivity index is 1.66. The van der Waals surface area contributed by atoms with Gasteiger partial charge < -0.3 is 19.9 Å². The molecule has 29 heavy (non-hydrogen) atoms. The number of carbonyl (C=O) groups excluding carboxylic acids is 2. The van der Waals surface area contributed by atoms with Gasteiger partial charge in [0, 0.05) is 38.4 Å². The molecule has 0 unspecified atom stereocenters. The number of hydrogen-bond donors (Lipinski definition) is 1. The van der Waals surface area contributed by atoms with Crippen molar-refractivity contribution in [1.29, 1.82) is 0 Å². The molecule has 0 aliphatic carbocycles. The molecule has 7 nitrogen and oxygen atoms in total. The van der Waals surface area contributed by atoms with Crippen molar-refractivity contribution in [1.82, 2.24) is 9.47 Å². The third-order valence-electron chi connectivity index (χ3n) is 5.79. The van der Waals surface area contributed by atoms with Gasteiger partial charge in [0.15, 0.2) is 0 Å². The lowest BCUT2D eigenvalue weighted by Gasteiger charge is -2.34. The van der Waals surface area contributed by atoms with Crippen molar-refractivity contribution in [2.45, 2.75) is 32.4 Å². The zero-order chi connectivity index (χ0) is 20.4. The molecule has 1 aromatic carbocycles. The van der Waals surface area contributed by atoms with Crippen LogP contribution in [-0.2, 0) is 29.0 Å². The van der Waals surface area contributed by atoms with Gasteiger partial charge in [-0.3, -0.25) is 14.4 Å². The number of rotatable bonds is 4. The highest BCUT2D eigenvalue weighted by molar-refractivity contribution is 5.94. The van der Waals surface area contributed by atoms with Gasteiger partial charge in [-0.25, -0.2) is 0 Å². The molecule has 2 N–H and O–H groups in total. The predicted molar refractivity (Wildman–Crippen MR) is 107 cm³/mol. The van der Waals surface area contributed by atoms with Crippen LogP contribution in [0.3, 0.4) is 0 Å². The molecule has 7 heteroatoms. The fourth-order valence-electron chi connectivity index (χ4n) is 4.25. The normalized spacial score (nSPS) is 17.0. The minimum absolute atomic E-state index is 0.0175.